The molecule has 0 unspecified atom stereocenters. The maximum absolute atomic E-state index is 2.57. The molecular formula is C48H42BN3Si. The normalized spacial score (nSPS) is 14.8. The van der Waals surface area contributed by atoms with Gasteiger partial charge in [0.25, 0.3) is 6.71 Å². The lowest BCUT2D eigenvalue weighted by molar-refractivity contribution is 0.925. The van der Waals surface area contributed by atoms with Crippen molar-refractivity contribution >= 4 is 92.7 Å². The van der Waals surface area contributed by atoms with Crippen molar-refractivity contribution in [1.82, 2.24) is 0 Å². The molecule has 256 valence electrons. The Kier molecular flexibility index (Phi) is 7.31. The molecule has 3 heterocycles. The Labute approximate surface area is 314 Å². The minimum atomic E-state index is -2.15. The quantitative estimate of drug-likeness (QED) is 0.166. The number of hydrogen-bond acceptors (Lipinski definition) is 3. The summed E-state index contributed by atoms with van der Waals surface area (Å²) in [7, 11) is -2.15. The van der Waals surface area contributed by atoms with E-state index in [1.165, 1.54) is 61.9 Å². The van der Waals surface area contributed by atoms with Crippen molar-refractivity contribution in [3.63, 3.8) is 0 Å². The SMILES string of the molecule is CC(C)[Si]1(C(C)C)c2ccccc2N(c2ccc3c(c2)B2c4ccccc4N(c4ccccc4)c4cccc(c42)N3c2ccccc2)c2ccccc21. The van der Waals surface area contributed by atoms with Crippen LogP contribution in [0.2, 0.25) is 11.1 Å². The number of nitrogens with zero attached hydrogens (tertiary/aromatic N) is 3. The van der Waals surface area contributed by atoms with Gasteiger partial charge >= 0.3 is 0 Å². The second-order valence-corrected chi connectivity index (χ2v) is 20.5. The van der Waals surface area contributed by atoms with E-state index in [0.29, 0.717) is 11.1 Å². The van der Waals surface area contributed by atoms with Gasteiger partial charge in [0.05, 0.1) is 0 Å². The van der Waals surface area contributed by atoms with Crippen molar-refractivity contribution in [3.05, 3.63) is 170 Å². The molecule has 0 spiro atoms. The van der Waals surface area contributed by atoms with Gasteiger partial charge in [-0.2, -0.15) is 0 Å². The van der Waals surface area contributed by atoms with E-state index in [4.69, 9.17) is 0 Å². The molecule has 0 saturated carbocycles. The van der Waals surface area contributed by atoms with Crippen molar-refractivity contribution in [2.75, 3.05) is 14.7 Å². The van der Waals surface area contributed by atoms with Gasteiger partial charge in [0, 0.05) is 51.2 Å². The summed E-state index contributed by atoms with van der Waals surface area (Å²) in [4.78, 5) is 7.52. The highest BCUT2D eigenvalue weighted by Crippen LogP contribution is 2.47. The van der Waals surface area contributed by atoms with Crippen molar-refractivity contribution in [2.45, 2.75) is 38.8 Å². The molecule has 0 saturated heterocycles. The van der Waals surface area contributed by atoms with Crippen LogP contribution in [0.3, 0.4) is 0 Å². The first kappa shape index (κ1) is 31.9. The number of hydrogen-bond donors (Lipinski definition) is 0. The molecule has 0 atom stereocenters. The smallest absolute Gasteiger partial charge is 0.252 e. The van der Waals surface area contributed by atoms with E-state index in [-0.39, 0.29) is 6.71 Å². The molecule has 10 rings (SSSR count). The minimum Gasteiger partial charge on any atom is -0.311 e. The van der Waals surface area contributed by atoms with Crippen LogP contribution >= 0.6 is 0 Å². The summed E-state index contributed by atoms with van der Waals surface area (Å²) in [5.41, 5.74) is 16.2. The summed E-state index contributed by atoms with van der Waals surface area (Å²) in [6.45, 7) is 9.89. The Morgan fingerprint density at radius 1 is 0.377 bits per heavy atom. The second kappa shape index (κ2) is 12.1. The molecule has 53 heavy (non-hydrogen) atoms. The number of rotatable bonds is 5. The van der Waals surface area contributed by atoms with E-state index in [0.717, 1.165) is 5.69 Å². The molecule has 5 heteroatoms. The highest BCUT2D eigenvalue weighted by atomic mass is 28.3. The monoisotopic (exact) mass is 699 g/mol. The third-order valence-corrected chi connectivity index (χ3v) is 18.4. The van der Waals surface area contributed by atoms with Gasteiger partial charge in [-0.05, 0) is 111 Å². The molecule has 0 aromatic heterocycles. The number of anilines is 9. The zero-order valence-corrected chi connectivity index (χ0v) is 31.7. The van der Waals surface area contributed by atoms with Gasteiger partial charge in [0.1, 0.15) is 8.07 Å². The van der Waals surface area contributed by atoms with Gasteiger partial charge < -0.3 is 14.7 Å². The first-order valence-corrected chi connectivity index (χ1v) is 21.2. The average Bonchev–Trinajstić information content (AvgIpc) is 3.20. The molecule has 7 aromatic rings. The Balaban J connectivity index is 1.25. The lowest BCUT2D eigenvalue weighted by atomic mass is 9.33. The third kappa shape index (κ3) is 4.47. The third-order valence-electron chi connectivity index (χ3n) is 12.2. The largest absolute Gasteiger partial charge is 0.311 e. The van der Waals surface area contributed by atoms with E-state index < -0.39 is 8.07 Å². The Bertz CT molecular complexity index is 2440. The van der Waals surface area contributed by atoms with Crippen LogP contribution < -0.4 is 41.5 Å². The van der Waals surface area contributed by atoms with Gasteiger partial charge in [-0.3, -0.25) is 0 Å². The summed E-state index contributed by atoms with van der Waals surface area (Å²) in [5, 5.41) is 3.09. The van der Waals surface area contributed by atoms with E-state index in [2.05, 4.69) is 212 Å². The fourth-order valence-corrected chi connectivity index (χ4v) is 16.3. The van der Waals surface area contributed by atoms with Crippen molar-refractivity contribution in [3.8, 4) is 0 Å². The molecule has 0 radical (unpaired) electrons. The fourth-order valence-electron chi connectivity index (χ4n) is 10.2. The van der Waals surface area contributed by atoms with Gasteiger partial charge in [-0.1, -0.05) is 125 Å². The summed E-state index contributed by atoms with van der Waals surface area (Å²) in [5.74, 6) is 0. The molecule has 7 aromatic carbocycles. The molecular weight excluding hydrogens is 657 g/mol. The minimum absolute atomic E-state index is 0.0577. The van der Waals surface area contributed by atoms with Crippen molar-refractivity contribution in [1.29, 1.82) is 0 Å². The van der Waals surface area contributed by atoms with Gasteiger partial charge in [0.15, 0.2) is 0 Å². The van der Waals surface area contributed by atoms with Gasteiger partial charge in [-0.25, -0.2) is 0 Å². The van der Waals surface area contributed by atoms with Crippen LogP contribution in [0.4, 0.5) is 51.2 Å². The molecule has 0 bridgehead atoms. The second-order valence-electron chi connectivity index (χ2n) is 15.3. The number of para-hydroxylation sites is 5. The van der Waals surface area contributed by atoms with E-state index in [1.807, 2.05) is 0 Å². The zero-order valence-electron chi connectivity index (χ0n) is 30.7. The molecule has 0 aliphatic carbocycles. The van der Waals surface area contributed by atoms with Crippen LogP contribution in [0.15, 0.2) is 170 Å². The average molecular weight is 700 g/mol. The lowest BCUT2D eigenvalue weighted by Crippen LogP contribution is -2.66. The summed E-state index contributed by atoms with van der Waals surface area (Å²) >= 11 is 0. The summed E-state index contributed by atoms with van der Waals surface area (Å²) < 4.78 is 0. The number of fused-ring (bicyclic) bond motifs is 6. The highest BCUT2D eigenvalue weighted by Gasteiger charge is 2.50. The van der Waals surface area contributed by atoms with Gasteiger partial charge in [0.2, 0.25) is 0 Å². The van der Waals surface area contributed by atoms with Crippen molar-refractivity contribution < 1.29 is 0 Å². The topological polar surface area (TPSA) is 9.72 Å². The van der Waals surface area contributed by atoms with Crippen LogP contribution in [0.5, 0.6) is 0 Å². The molecule has 3 aliphatic rings. The Hall–Kier alpha value is -5.78. The standard InChI is InChI=1S/C48H42BN3Si/c1-33(2)53(34(3)4)46-28-15-13-24-42(46)52(43-25-14-16-29-47(43)53)37-30-31-41-39(32-37)49-38-22-11-12-23-40(38)50(35-18-7-5-8-19-35)44-26-17-27-45(48(44)49)51(41)36-20-9-6-10-21-36/h5-34H,1-4H3. The first-order valence-electron chi connectivity index (χ1n) is 19.1. The van der Waals surface area contributed by atoms with Gasteiger partial charge in [-0.15, -0.1) is 0 Å². The molecule has 3 aliphatic heterocycles. The summed E-state index contributed by atoms with van der Waals surface area (Å²) in [6.07, 6.45) is 0. The predicted molar refractivity (Wildman–Crippen MR) is 230 cm³/mol. The van der Waals surface area contributed by atoms with Crippen LogP contribution in [0.1, 0.15) is 27.7 Å². The highest BCUT2D eigenvalue weighted by molar-refractivity contribution is 7.06. The van der Waals surface area contributed by atoms with Crippen molar-refractivity contribution in [2.24, 2.45) is 0 Å². The molecule has 3 nitrogen and oxygen atoms in total. The first-order chi connectivity index (χ1) is 26.0. The molecule has 0 fully saturated rings. The fraction of sp³-hybridized carbons (Fsp3) is 0.125. The zero-order chi connectivity index (χ0) is 35.8. The Morgan fingerprint density at radius 2 is 0.811 bits per heavy atom. The van der Waals surface area contributed by atoms with E-state index in [1.54, 1.807) is 10.4 Å². The molecule has 0 N–H and O–H groups in total. The van der Waals surface area contributed by atoms with Crippen LogP contribution in [0, 0.1) is 0 Å². The number of benzene rings is 7. The maximum atomic E-state index is 2.57. The predicted octanol–water partition coefficient (Wildman–Crippen LogP) is 9.94. The maximum Gasteiger partial charge on any atom is 0.252 e. The van der Waals surface area contributed by atoms with E-state index >= 15 is 0 Å². The Morgan fingerprint density at radius 3 is 1.36 bits per heavy atom. The molecule has 0 amide bonds. The van der Waals surface area contributed by atoms with Crippen LogP contribution in [-0.2, 0) is 0 Å². The lowest BCUT2D eigenvalue weighted by Gasteiger charge is -2.49. The summed E-state index contributed by atoms with van der Waals surface area (Å²) in [6, 6.07) is 63.5. The van der Waals surface area contributed by atoms with Crippen LogP contribution in [-0.4, -0.2) is 14.8 Å². The van der Waals surface area contributed by atoms with Crippen LogP contribution in [0.25, 0.3) is 0 Å². The van der Waals surface area contributed by atoms with E-state index in [9.17, 15) is 0 Å².